The molecule has 0 spiro atoms. The number of carbonyl (C=O) groups excluding carboxylic acids is 1. The Morgan fingerprint density at radius 3 is 2.38 bits per heavy atom. The number of hydrogen-bond donors (Lipinski definition) is 1. The molecule has 2 aromatic rings. The van der Waals surface area contributed by atoms with Crippen molar-refractivity contribution < 1.29 is 24.2 Å². The second-order valence-electron chi connectivity index (χ2n) is 6.11. The molecule has 1 heterocycles. The molecule has 0 aromatic heterocycles. The zero-order chi connectivity index (χ0) is 21.0. The number of thiocarbonyl (C=S) groups is 1. The van der Waals surface area contributed by atoms with Crippen LogP contribution in [0.5, 0.6) is 11.5 Å². The smallest absolute Gasteiger partial charge is 0.344 e. The van der Waals surface area contributed by atoms with Crippen LogP contribution in [0.1, 0.15) is 19.4 Å². The van der Waals surface area contributed by atoms with Crippen LogP contribution in [0.4, 0.5) is 5.69 Å². The summed E-state index contributed by atoms with van der Waals surface area (Å²) in [5.41, 5.74) is 1.47. The van der Waals surface area contributed by atoms with Gasteiger partial charge in [0, 0.05) is 0 Å². The molecule has 8 heteroatoms. The average Bonchev–Trinajstić information content (AvgIpc) is 2.97. The van der Waals surface area contributed by atoms with E-state index in [9.17, 15) is 9.59 Å². The molecule has 0 saturated carbocycles. The molecule has 150 valence electrons. The number of carboxylic acids is 1. The number of benzene rings is 2. The highest BCUT2D eigenvalue weighted by atomic mass is 32.2. The Bertz CT molecular complexity index is 954. The van der Waals surface area contributed by atoms with Crippen molar-refractivity contribution in [3.8, 4) is 11.5 Å². The molecular weight excluding hydrogens is 410 g/mol. The van der Waals surface area contributed by atoms with Crippen molar-refractivity contribution in [2.75, 3.05) is 11.5 Å². The van der Waals surface area contributed by atoms with E-state index in [-0.39, 0.29) is 5.91 Å². The third kappa shape index (κ3) is 4.96. The predicted molar refractivity (Wildman–Crippen MR) is 117 cm³/mol. The van der Waals surface area contributed by atoms with Crippen molar-refractivity contribution in [2.24, 2.45) is 0 Å². The summed E-state index contributed by atoms with van der Waals surface area (Å²) < 4.78 is 11.2. The van der Waals surface area contributed by atoms with Crippen LogP contribution < -0.4 is 14.4 Å². The number of anilines is 1. The summed E-state index contributed by atoms with van der Waals surface area (Å²) in [5, 5.41) is 8.90. The van der Waals surface area contributed by atoms with Crippen LogP contribution in [0.25, 0.3) is 6.08 Å². The number of nitrogens with zero attached hydrogens (tertiary/aromatic N) is 1. The van der Waals surface area contributed by atoms with Gasteiger partial charge in [-0.3, -0.25) is 9.69 Å². The van der Waals surface area contributed by atoms with Gasteiger partial charge in [0.15, 0.2) is 10.4 Å². The fraction of sp³-hybridized carbons (Fsp3) is 0.190. The summed E-state index contributed by atoms with van der Waals surface area (Å²) in [6.07, 6.45) is 0.810. The van der Waals surface area contributed by atoms with Gasteiger partial charge in [0.25, 0.3) is 5.91 Å². The topological polar surface area (TPSA) is 76.1 Å². The number of ether oxygens (including phenoxy) is 2. The minimum atomic E-state index is -1.04. The Morgan fingerprint density at radius 2 is 1.79 bits per heavy atom. The van der Waals surface area contributed by atoms with E-state index in [1.165, 1.54) is 23.6 Å². The second kappa shape index (κ2) is 9.11. The number of aliphatic carboxylic acids is 1. The van der Waals surface area contributed by atoms with Crippen LogP contribution in [0.2, 0.25) is 0 Å². The minimum absolute atomic E-state index is 0.191. The quantitative estimate of drug-likeness (QED) is 0.518. The first-order valence-corrected chi connectivity index (χ1v) is 10.1. The zero-order valence-electron chi connectivity index (χ0n) is 15.8. The second-order valence-corrected chi connectivity index (χ2v) is 7.79. The maximum absolute atomic E-state index is 12.8. The first kappa shape index (κ1) is 20.9. The van der Waals surface area contributed by atoms with E-state index in [4.69, 9.17) is 26.8 Å². The van der Waals surface area contributed by atoms with E-state index in [0.717, 1.165) is 11.3 Å². The number of amides is 1. The van der Waals surface area contributed by atoms with E-state index in [0.29, 0.717) is 27.3 Å². The van der Waals surface area contributed by atoms with Crippen LogP contribution in [0.15, 0.2) is 53.4 Å². The monoisotopic (exact) mass is 429 g/mol. The molecule has 29 heavy (non-hydrogen) atoms. The summed E-state index contributed by atoms with van der Waals surface area (Å²) >= 11 is 6.62. The molecule has 1 unspecified atom stereocenters. The highest BCUT2D eigenvalue weighted by Crippen LogP contribution is 2.36. The number of carbonyl (C=O) groups is 2. The molecule has 1 aliphatic rings. The number of rotatable bonds is 7. The molecule has 1 aliphatic heterocycles. The van der Waals surface area contributed by atoms with Gasteiger partial charge in [0.2, 0.25) is 0 Å². The standard InChI is InChI=1S/C21H19NO5S2/c1-3-26-16-10-6-15(7-11-16)22-19(23)18(29-21(22)28)12-14-4-8-17(9-5-14)27-13(2)20(24)25/h4-13H,3H2,1-2H3,(H,24,25)/b18-12+. The van der Waals surface area contributed by atoms with Gasteiger partial charge in [-0.1, -0.05) is 36.1 Å². The minimum Gasteiger partial charge on any atom is -0.494 e. The average molecular weight is 430 g/mol. The van der Waals surface area contributed by atoms with Crippen molar-refractivity contribution in [1.82, 2.24) is 0 Å². The Morgan fingerprint density at radius 1 is 1.17 bits per heavy atom. The van der Waals surface area contributed by atoms with E-state index >= 15 is 0 Å². The molecule has 1 N–H and O–H groups in total. The van der Waals surface area contributed by atoms with Gasteiger partial charge in [-0.2, -0.15) is 0 Å². The molecule has 1 saturated heterocycles. The van der Waals surface area contributed by atoms with Gasteiger partial charge >= 0.3 is 5.97 Å². The summed E-state index contributed by atoms with van der Waals surface area (Å²) in [5.74, 6) is -0.0493. The van der Waals surface area contributed by atoms with Gasteiger partial charge in [0.1, 0.15) is 11.5 Å². The number of carboxylic acid groups (broad SMARTS) is 1. The molecule has 2 aromatic carbocycles. The largest absolute Gasteiger partial charge is 0.494 e. The molecule has 3 rings (SSSR count). The number of thioether (sulfide) groups is 1. The molecule has 0 radical (unpaired) electrons. The van der Waals surface area contributed by atoms with Crippen molar-refractivity contribution in [3.05, 3.63) is 59.0 Å². The van der Waals surface area contributed by atoms with E-state index < -0.39 is 12.1 Å². The van der Waals surface area contributed by atoms with E-state index in [1.54, 1.807) is 54.6 Å². The highest BCUT2D eigenvalue weighted by Gasteiger charge is 2.33. The third-order valence-corrected chi connectivity index (χ3v) is 5.34. The van der Waals surface area contributed by atoms with Crippen LogP contribution in [-0.4, -0.2) is 34.0 Å². The van der Waals surface area contributed by atoms with Crippen LogP contribution in [0, 0.1) is 0 Å². The lowest BCUT2D eigenvalue weighted by Gasteiger charge is -2.15. The SMILES string of the molecule is CCOc1ccc(N2C(=O)/C(=C\c3ccc(OC(C)C(=O)O)cc3)SC2=S)cc1. The lowest BCUT2D eigenvalue weighted by atomic mass is 10.2. The summed E-state index contributed by atoms with van der Waals surface area (Å²) in [4.78, 5) is 25.7. The van der Waals surface area contributed by atoms with E-state index in [1.807, 2.05) is 6.92 Å². The van der Waals surface area contributed by atoms with Crippen molar-refractivity contribution in [3.63, 3.8) is 0 Å². The fourth-order valence-electron chi connectivity index (χ4n) is 2.60. The molecule has 1 amide bonds. The van der Waals surface area contributed by atoms with E-state index in [2.05, 4.69) is 0 Å². The molecule has 1 atom stereocenters. The van der Waals surface area contributed by atoms with Gasteiger partial charge < -0.3 is 14.6 Å². The maximum Gasteiger partial charge on any atom is 0.344 e. The highest BCUT2D eigenvalue weighted by molar-refractivity contribution is 8.27. The predicted octanol–water partition coefficient (Wildman–Crippen LogP) is 4.34. The Balaban J connectivity index is 1.74. The summed E-state index contributed by atoms with van der Waals surface area (Å²) in [6.45, 7) is 3.94. The lowest BCUT2D eigenvalue weighted by Crippen LogP contribution is -2.27. The Labute approximate surface area is 178 Å². The number of hydrogen-bond acceptors (Lipinski definition) is 6. The van der Waals surface area contributed by atoms with Crippen molar-refractivity contribution in [1.29, 1.82) is 0 Å². The van der Waals surface area contributed by atoms with Gasteiger partial charge in [-0.25, -0.2) is 4.79 Å². The summed E-state index contributed by atoms with van der Waals surface area (Å²) in [7, 11) is 0. The van der Waals surface area contributed by atoms with Gasteiger partial charge in [-0.15, -0.1) is 0 Å². The molecule has 6 nitrogen and oxygen atoms in total. The van der Waals surface area contributed by atoms with Crippen molar-refractivity contribution >= 4 is 51.9 Å². The van der Waals surface area contributed by atoms with Crippen LogP contribution >= 0.6 is 24.0 Å². The van der Waals surface area contributed by atoms with Gasteiger partial charge in [0.05, 0.1) is 17.2 Å². The van der Waals surface area contributed by atoms with Gasteiger partial charge in [-0.05, 0) is 61.9 Å². The first-order chi connectivity index (χ1) is 13.9. The van der Waals surface area contributed by atoms with Crippen LogP contribution in [0.3, 0.4) is 0 Å². The van der Waals surface area contributed by atoms with Crippen LogP contribution in [-0.2, 0) is 9.59 Å². The van der Waals surface area contributed by atoms with Crippen molar-refractivity contribution in [2.45, 2.75) is 20.0 Å². The third-order valence-electron chi connectivity index (χ3n) is 4.04. The fourth-order valence-corrected chi connectivity index (χ4v) is 3.90. The summed E-state index contributed by atoms with van der Waals surface area (Å²) in [6, 6.07) is 14.1. The zero-order valence-corrected chi connectivity index (χ0v) is 17.5. The molecule has 1 fully saturated rings. The Kier molecular flexibility index (Phi) is 6.56. The molecule has 0 aliphatic carbocycles. The first-order valence-electron chi connectivity index (χ1n) is 8.89. The lowest BCUT2D eigenvalue weighted by molar-refractivity contribution is -0.144. The molecule has 0 bridgehead atoms. The normalized spacial score (nSPS) is 16.2. The Hall–Kier alpha value is -2.84. The maximum atomic E-state index is 12.8. The molecular formula is C21H19NO5S2.